The molecule has 0 aliphatic carbocycles. The van der Waals surface area contributed by atoms with E-state index >= 15 is 0 Å². The molecule has 1 aromatic carbocycles. The van der Waals surface area contributed by atoms with Gasteiger partial charge in [0.15, 0.2) is 18.7 Å². The van der Waals surface area contributed by atoms with Crippen LogP contribution in [0.25, 0.3) is 16.8 Å². The number of aliphatic hydroxyl groups is 2. The molecule has 2 fully saturated rings. The van der Waals surface area contributed by atoms with Gasteiger partial charge in [-0.3, -0.25) is 19.4 Å². The van der Waals surface area contributed by atoms with Crippen molar-refractivity contribution < 1.29 is 62.5 Å². The molecule has 2 saturated heterocycles. The van der Waals surface area contributed by atoms with E-state index in [1.165, 1.54) is 14.0 Å². The van der Waals surface area contributed by atoms with E-state index < -0.39 is 97.1 Å². The monoisotopic (exact) mass is 1010 g/mol. The van der Waals surface area contributed by atoms with E-state index in [2.05, 4.69) is 59.1 Å². The number of carbonyl (C=O) groups is 3. The summed E-state index contributed by atoms with van der Waals surface area (Å²) in [4.78, 5) is 50.0. The van der Waals surface area contributed by atoms with Crippen LogP contribution in [-0.2, 0) is 52.3 Å². The number of aromatic nitrogens is 1. The number of ether oxygens (including phenoxy) is 8. The summed E-state index contributed by atoms with van der Waals surface area (Å²) in [6.45, 7) is 15.6. The Bertz CT molecular complexity index is 2100. The highest BCUT2D eigenvalue weighted by Gasteiger charge is 2.53. The van der Waals surface area contributed by atoms with Gasteiger partial charge in [0.25, 0.3) is 0 Å². The van der Waals surface area contributed by atoms with Crippen LogP contribution in [-0.4, -0.2) is 188 Å². The number of nitrogens with zero attached hydrogens (tertiary/aromatic N) is 4. The lowest BCUT2D eigenvalue weighted by Gasteiger charge is -2.50. The van der Waals surface area contributed by atoms with Gasteiger partial charge >= 0.3 is 17.9 Å². The first-order chi connectivity index (χ1) is 34.0. The number of methoxy groups -OCH3 is 1. The second-order valence-corrected chi connectivity index (χ2v) is 21.5. The predicted octanol–water partition coefficient (Wildman–Crippen LogP) is 6.02. The summed E-state index contributed by atoms with van der Waals surface area (Å²) in [6.07, 6.45) is 3.61. The summed E-state index contributed by atoms with van der Waals surface area (Å²) in [5.41, 5.74) is -0.461. The topological polar surface area (TPSA) is 188 Å². The minimum absolute atomic E-state index is 0.0136. The molecule has 4 heterocycles. The standard InChI is InChI=1S/C55H86N4O13/c1-33(2)27-45(61)70-53-37(6)67-47(30-55(53,8)64)71-50-36(5)68-54(49(63)48(50)58(11)12)72-51-39(24-26-59(13)25-18-21-41-32-56-31-40-20-15-16-22-42(40)41)28-34(3)43(57(9)10)23-17-19-35(4)66-46(62)29-44(52(51)65-14)69-38(7)60/h15-18,20-23,31-37,39,43-44,47-54,63-64H,19,24-30H2,1-14H3/b21-18+,23-17+/t34-,35-,36-,37+,39+,43+,44-,47+,48-,49-,50?,51+,52+,53+,54+,55-/m1/s1. The van der Waals surface area contributed by atoms with E-state index in [-0.39, 0.29) is 43.1 Å². The number of hydrogen-bond acceptors (Lipinski definition) is 17. The predicted molar refractivity (Wildman–Crippen MR) is 274 cm³/mol. The van der Waals surface area contributed by atoms with Crippen LogP contribution in [0.15, 0.2) is 54.9 Å². The molecule has 404 valence electrons. The Kier molecular flexibility index (Phi) is 22.2. The van der Waals surface area contributed by atoms with Gasteiger partial charge < -0.3 is 62.8 Å². The number of rotatable bonds is 17. The van der Waals surface area contributed by atoms with Gasteiger partial charge in [-0.1, -0.05) is 69.3 Å². The minimum atomic E-state index is -1.48. The van der Waals surface area contributed by atoms with Crippen LogP contribution in [0, 0.1) is 17.8 Å². The summed E-state index contributed by atoms with van der Waals surface area (Å²) in [5.74, 6) is -1.76. The van der Waals surface area contributed by atoms with Crippen molar-refractivity contribution in [2.24, 2.45) is 17.8 Å². The summed E-state index contributed by atoms with van der Waals surface area (Å²) < 4.78 is 50.6. The lowest BCUT2D eigenvalue weighted by Crippen LogP contribution is -2.66. The van der Waals surface area contributed by atoms with Gasteiger partial charge in [0.1, 0.15) is 36.1 Å². The highest BCUT2D eigenvalue weighted by atomic mass is 16.7. The van der Waals surface area contributed by atoms with Crippen LogP contribution in [0.1, 0.15) is 99.5 Å². The summed E-state index contributed by atoms with van der Waals surface area (Å²) in [7, 11) is 11.3. The van der Waals surface area contributed by atoms with Crippen molar-refractivity contribution >= 4 is 34.8 Å². The number of likely N-dealkylation sites (N-methyl/N-ethyl adjacent to an activating group) is 3. The van der Waals surface area contributed by atoms with E-state index in [4.69, 9.17) is 37.9 Å². The molecule has 17 heteroatoms. The second kappa shape index (κ2) is 27.1. The highest BCUT2D eigenvalue weighted by Crippen LogP contribution is 2.38. The number of fused-ring (bicyclic) bond motifs is 1. The fourth-order valence-electron chi connectivity index (χ4n) is 10.7. The molecule has 0 radical (unpaired) electrons. The Balaban J connectivity index is 1.48. The van der Waals surface area contributed by atoms with Crippen molar-refractivity contribution in [3.8, 4) is 0 Å². The first-order valence-electron chi connectivity index (χ1n) is 25.8. The van der Waals surface area contributed by atoms with E-state index in [0.717, 1.165) is 16.3 Å². The maximum absolute atomic E-state index is 13.7. The molecule has 5 rings (SSSR count). The van der Waals surface area contributed by atoms with E-state index in [0.29, 0.717) is 32.4 Å². The van der Waals surface area contributed by atoms with Crippen molar-refractivity contribution in [3.05, 3.63) is 60.5 Å². The fourth-order valence-corrected chi connectivity index (χ4v) is 10.7. The number of esters is 3. The van der Waals surface area contributed by atoms with Crippen molar-refractivity contribution in [2.75, 3.05) is 55.4 Å². The van der Waals surface area contributed by atoms with Crippen molar-refractivity contribution in [1.82, 2.24) is 19.7 Å². The molecule has 0 saturated carbocycles. The zero-order chi connectivity index (χ0) is 53.0. The molecule has 3 aliphatic heterocycles. The van der Waals surface area contributed by atoms with Gasteiger partial charge in [-0.15, -0.1) is 0 Å². The van der Waals surface area contributed by atoms with Crippen molar-refractivity contribution in [2.45, 2.75) is 179 Å². The quantitative estimate of drug-likeness (QED) is 0.106. The second-order valence-electron chi connectivity index (χ2n) is 21.5. The summed E-state index contributed by atoms with van der Waals surface area (Å²) >= 11 is 0. The van der Waals surface area contributed by atoms with E-state index in [1.54, 1.807) is 13.8 Å². The smallest absolute Gasteiger partial charge is 0.309 e. The number of aliphatic hydroxyl groups excluding tert-OH is 1. The largest absolute Gasteiger partial charge is 0.462 e. The molecule has 17 nitrogen and oxygen atoms in total. The average Bonchev–Trinajstić information content (AvgIpc) is 3.28. The van der Waals surface area contributed by atoms with E-state index in [9.17, 15) is 24.6 Å². The van der Waals surface area contributed by atoms with Crippen LogP contribution in [0.4, 0.5) is 0 Å². The Morgan fingerprint density at radius 1 is 0.958 bits per heavy atom. The highest BCUT2D eigenvalue weighted by molar-refractivity contribution is 5.89. The molecular formula is C55H86N4O13. The molecular weight excluding hydrogens is 925 g/mol. The molecule has 16 atom stereocenters. The molecule has 1 unspecified atom stereocenters. The Hall–Kier alpha value is -3.88. The fraction of sp³-hybridized carbons (Fsp3) is 0.709. The lowest BCUT2D eigenvalue weighted by atomic mass is 9.81. The molecule has 3 aliphatic rings. The number of benzene rings is 1. The van der Waals surface area contributed by atoms with Gasteiger partial charge in [-0.05, 0) is 105 Å². The first-order valence-corrected chi connectivity index (χ1v) is 25.8. The van der Waals surface area contributed by atoms with Gasteiger partial charge in [-0.25, -0.2) is 0 Å². The van der Waals surface area contributed by atoms with E-state index in [1.807, 2.05) is 91.4 Å². The number of pyridine rings is 1. The average molecular weight is 1010 g/mol. The van der Waals surface area contributed by atoms with Crippen molar-refractivity contribution in [3.63, 3.8) is 0 Å². The third-order valence-electron chi connectivity index (χ3n) is 14.2. The van der Waals surface area contributed by atoms with Crippen LogP contribution in [0.3, 0.4) is 0 Å². The third-order valence-corrected chi connectivity index (χ3v) is 14.2. The van der Waals surface area contributed by atoms with Gasteiger partial charge in [0, 0.05) is 69.2 Å². The van der Waals surface area contributed by atoms with Gasteiger partial charge in [0.05, 0.1) is 30.8 Å². The zero-order valence-corrected chi connectivity index (χ0v) is 45.3. The van der Waals surface area contributed by atoms with Crippen LogP contribution < -0.4 is 0 Å². The normalized spacial score (nSPS) is 34.9. The van der Waals surface area contributed by atoms with Crippen LogP contribution in [0.5, 0.6) is 0 Å². The van der Waals surface area contributed by atoms with Gasteiger partial charge in [-0.2, -0.15) is 0 Å². The van der Waals surface area contributed by atoms with Crippen molar-refractivity contribution in [1.29, 1.82) is 0 Å². The van der Waals surface area contributed by atoms with Crippen LogP contribution in [0.2, 0.25) is 0 Å². The number of hydrogen-bond donors (Lipinski definition) is 2. The molecule has 0 amide bonds. The summed E-state index contributed by atoms with van der Waals surface area (Å²) in [5, 5.41) is 26.3. The first kappa shape index (κ1) is 59.0. The molecule has 0 bridgehead atoms. The minimum Gasteiger partial charge on any atom is -0.462 e. The molecule has 0 spiro atoms. The number of cyclic esters (lactones) is 1. The molecule has 72 heavy (non-hydrogen) atoms. The Morgan fingerprint density at radius 3 is 2.33 bits per heavy atom. The zero-order valence-electron chi connectivity index (χ0n) is 45.3. The molecule has 2 N–H and O–H groups in total. The van der Waals surface area contributed by atoms with Crippen LogP contribution >= 0.6 is 0 Å². The maximum atomic E-state index is 13.7. The third kappa shape index (κ3) is 16.3. The lowest BCUT2D eigenvalue weighted by molar-refractivity contribution is -0.344. The number of carbonyl (C=O) groups excluding carboxylic acids is 3. The Morgan fingerprint density at radius 2 is 1.68 bits per heavy atom. The summed E-state index contributed by atoms with van der Waals surface area (Å²) in [6, 6.07) is 7.42. The Labute approximate surface area is 428 Å². The molecule has 2 aromatic rings. The maximum Gasteiger partial charge on any atom is 0.309 e. The SMILES string of the molecule is CO[C@@H]1[C@@H](O[C@@H]2O[C@H](C)C(O[C@H]3C[C@@](C)(O)[C@@H](OC(=O)CC(C)C)[C@H](C)O3)[C@H](N(C)C)[C@H]2O)[C@@H](CCN(C)C/C=C/c2cncc3ccccc23)C[C@@H](C)[C@@H](N(C)C)/C=C/C[C@@H](C)OC(=O)C[C@H]1OC(C)=O. The molecule has 1 aromatic heterocycles. The van der Waals surface area contributed by atoms with Gasteiger partial charge in [0.2, 0.25) is 0 Å².